The van der Waals surface area contributed by atoms with Crippen LogP contribution in [0.5, 0.6) is 11.5 Å². The van der Waals surface area contributed by atoms with Gasteiger partial charge in [0.25, 0.3) is 0 Å². The van der Waals surface area contributed by atoms with E-state index in [1.54, 1.807) is 44.0 Å². The summed E-state index contributed by atoms with van der Waals surface area (Å²) in [4.78, 5) is 26.6. The molecule has 0 bridgehead atoms. The summed E-state index contributed by atoms with van der Waals surface area (Å²) >= 11 is 1.71. The first-order valence-corrected chi connectivity index (χ1v) is 11.0. The van der Waals surface area contributed by atoms with Crippen LogP contribution in [0.15, 0.2) is 30.6 Å². The Kier molecular flexibility index (Phi) is 6.03. The van der Waals surface area contributed by atoms with Crippen molar-refractivity contribution in [2.24, 2.45) is 5.92 Å². The Hall–Kier alpha value is -2.87. The molecule has 0 radical (unpaired) electrons. The van der Waals surface area contributed by atoms with Gasteiger partial charge in [-0.25, -0.2) is 9.97 Å². The summed E-state index contributed by atoms with van der Waals surface area (Å²) in [6.07, 6.45) is 4.38. The zero-order valence-electron chi connectivity index (χ0n) is 17.5. The summed E-state index contributed by atoms with van der Waals surface area (Å²) < 4.78 is 10.7. The van der Waals surface area contributed by atoms with Gasteiger partial charge in [-0.3, -0.25) is 4.79 Å². The van der Waals surface area contributed by atoms with Gasteiger partial charge in [0.15, 0.2) is 0 Å². The zero-order valence-corrected chi connectivity index (χ0v) is 18.3. The first kappa shape index (κ1) is 20.4. The van der Waals surface area contributed by atoms with Crippen LogP contribution in [0.25, 0.3) is 10.2 Å². The fourth-order valence-electron chi connectivity index (χ4n) is 3.85. The molecule has 8 heteroatoms. The van der Waals surface area contributed by atoms with Crippen molar-refractivity contribution in [3.05, 3.63) is 35.5 Å². The van der Waals surface area contributed by atoms with Crippen molar-refractivity contribution in [2.75, 3.05) is 37.5 Å². The molecule has 1 N–H and O–H groups in total. The van der Waals surface area contributed by atoms with E-state index in [4.69, 9.17) is 9.47 Å². The third-order valence-corrected chi connectivity index (χ3v) is 6.65. The van der Waals surface area contributed by atoms with Gasteiger partial charge in [0, 0.05) is 24.0 Å². The highest BCUT2D eigenvalue weighted by Gasteiger charge is 2.28. The largest absolute Gasteiger partial charge is 0.497 e. The highest BCUT2D eigenvalue weighted by atomic mass is 32.1. The second-order valence-electron chi connectivity index (χ2n) is 7.32. The Labute approximate surface area is 180 Å². The molecule has 158 valence electrons. The van der Waals surface area contributed by atoms with Crippen molar-refractivity contribution in [3.63, 3.8) is 0 Å². The van der Waals surface area contributed by atoms with Crippen molar-refractivity contribution in [3.8, 4) is 11.5 Å². The maximum atomic E-state index is 13.1. The fraction of sp³-hybridized carbons (Fsp3) is 0.409. The number of hydrogen-bond donors (Lipinski definition) is 1. The van der Waals surface area contributed by atoms with Gasteiger partial charge in [-0.05, 0) is 37.5 Å². The van der Waals surface area contributed by atoms with E-state index in [-0.39, 0.29) is 11.8 Å². The van der Waals surface area contributed by atoms with Crippen LogP contribution in [0.3, 0.4) is 0 Å². The van der Waals surface area contributed by atoms with Gasteiger partial charge >= 0.3 is 0 Å². The molecule has 30 heavy (non-hydrogen) atoms. The molecule has 1 fully saturated rings. The number of amides is 1. The average Bonchev–Trinajstić information content (AvgIpc) is 3.22. The van der Waals surface area contributed by atoms with E-state index in [0.29, 0.717) is 23.7 Å². The lowest BCUT2D eigenvalue weighted by Crippen LogP contribution is -2.41. The smallest absolute Gasteiger partial charge is 0.229 e. The normalized spacial score (nSPS) is 16.5. The van der Waals surface area contributed by atoms with Crippen LogP contribution >= 0.6 is 11.3 Å². The molecule has 0 aliphatic carbocycles. The summed E-state index contributed by atoms with van der Waals surface area (Å²) in [6, 6.07) is 7.56. The molecule has 1 atom stereocenters. The minimum Gasteiger partial charge on any atom is -0.497 e. The number of benzene rings is 1. The minimum absolute atomic E-state index is 0.0175. The number of carbonyl (C=O) groups excluding carboxylic acids is 1. The molecule has 7 nitrogen and oxygen atoms in total. The van der Waals surface area contributed by atoms with E-state index < -0.39 is 0 Å². The molecule has 1 aliphatic heterocycles. The molecule has 0 unspecified atom stereocenters. The first-order valence-electron chi connectivity index (χ1n) is 10.1. The molecule has 4 rings (SSSR count). The van der Waals surface area contributed by atoms with Crippen LogP contribution in [0, 0.1) is 5.92 Å². The van der Waals surface area contributed by atoms with E-state index in [0.717, 1.165) is 41.8 Å². The number of rotatable bonds is 6. The van der Waals surface area contributed by atoms with Gasteiger partial charge in [-0.2, -0.15) is 0 Å². The van der Waals surface area contributed by atoms with E-state index in [1.165, 1.54) is 4.88 Å². The summed E-state index contributed by atoms with van der Waals surface area (Å²) in [5, 5.41) is 4.11. The molecule has 1 amide bonds. The topological polar surface area (TPSA) is 76.6 Å². The van der Waals surface area contributed by atoms with Gasteiger partial charge < -0.3 is 19.7 Å². The fourth-order valence-corrected chi connectivity index (χ4v) is 4.78. The second-order valence-corrected chi connectivity index (χ2v) is 8.44. The maximum Gasteiger partial charge on any atom is 0.229 e. The first-order chi connectivity index (χ1) is 14.6. The Morgan fingerprint density at radius 2 is 2.13 bits per heavy atom. The third-order valence-electron chi connectivity index (χ3n) is 5.46. The van der Waals surface area contributed by atoms with Gasteiger partial charge in [-0.1, -0.05) is 6.92 Å². The Morgan fingerprint density at radius 1 is 1.27 bits per heavy atom. The maximum absolute atomic E-state index is 13.1. The number of anilines is 2. The van der Waals surface area contributed by atoms with Gasteiger partial charge in [0.05, 0.1) is 31.2 Å². The van der Waals surface area contributed by atoms with E-state index in [9.17, 15) is 4.79 Å². The number of nitrogens with zero attached hydrogens (tertiary/aromatic N) is 3. The van der Waals surface area contributed by atoms with E-state index in [2.05, 4.69) is 33.2 Å². The Morgan fingerprint density at radius 3 is 2.90 bits per heavy atom. The number of ether oxygens (including phenoxy) is 2. The number of piperidine rings is 1. The summed E-state index contributed by atoms with van der Waals surface area (Å²) in [5.41, 5.74) is 0.619. The van der Waals surface area contributed by atoms with Crippen LogP contribution in [0.2, 0.25) is 0 Å². The van der Waals surface area contributed by atoms with Gasteiger partial charge in [0.2, 0.25) is 5.91 Å². The van der Waals surface area contributed by atoms with Crippen LogP contribution in [-0.2, 0) is 11.2 Å². The number of aromatic nitrogens is 2. The number of hydrogen-bond acceptors (Lipinski definition) is 7. The van der Waals surface area contributed by atoms with Crippen molar-refractivity contribution >= 4 is 39.0 Å². The van der Waals surface area contributed by atoms with Crippen LogP contribution in [0.1, 0.15) is 24.6 Å². The number of aryl methyl sites for hydroxylation is 1. The molecule has 1 aromatic carbocycles. The predicted molar refractivity (Wildman–Crippen MR) is 120 cm³/mol. The molecule has 1 saturated heterocycles. The van der Waals surface area contributed by atoms with Crippen LogP contribution < -0.4 is 19.7 Å². The average molecular weight is 427 g/mol. The summed E-state index contributed by atoms with van der Waals surface area (Å²) in [6.45, 7) is 3.66. The van der Waals surface area contributed by atoms with Gasteiger partial charge in [0.1, 0.15) is 28.5 Å². The molecule has 3 heterocycles. The summed E-state index contributed by atoms with van der Waals surface area (Å²) in [5.74, 6) is 2.05. The quantitative estimate of drug-likeness (QED) is 0.639. The number of thiophene rings is 1. The monoisotopic (exact) mass is 426 g/mol. The molecule has 3 aromatic rings. The standard InChI is InChI=1S/C22H26N4O3S/c1-4-16-11-17-20(23-13-24-22(17)30-16)26-9-5-6-14(12-26)21(27)25-18-10-15(28-2)7-8-19(18)29-3/h7-8,10-11,13-14H,4-6,9,12H2,1-3H3,(H,25,27)/t14-/m0/s1. The van der Waals surface area contributed by atoms with Crippen molar-refractivity contribution in [1.82, 2.24) is 9.97 Å². The molecule has 0 saturated carbocycles. The predicted octanol–water partition coefficient (Wildman–Crippen LogP) is 4.13. The number of nitrogens with one attached hydrogen (secondary N) is 1. The highest BCUT2D eigenvalue weighted by molar-refractivity contribution is 7.18. The minimum atomic E-state index is -0.135. The lowest BCUT2D eigenvalue weighted by Gasteiger charge is -2.33. The van der Waals surface area contributed by atoms with Crippen molar-refractivity contribution < 1.29 is 14.3 Å². The SMILES string of the molecule is CCc1cc2c(N3CCC[C@H](C(=O)Nc4cc(OC)ccc4OC)C3)ncnc2s1. The third kappa shape index (κ3) is 4.05. The number of fused-ring (bicyclic) bond motifs is 1. The van der Waals surface area contributed by atoms with Crippen LogP contribution in [-0.4, -0.2) is 43.2 Å². The Bertz CT molecular complexity index is 1050. The molecule has 1 aliphatic rings. The van der Waals surface area contributed by atoms with Crippen molar-refractivity contribution in [1.29, 1.82) is 0 Å². The molecule has 0 spiro atoms. The van der Waals surface area contributed by atoms with Crippen molar-refractivity contribution in [2.45, 2.75) is 26.2 Å². The number of carbonyl (C=O) groups is 1. The second kappa shape index (κ2) is 8.87. The molecular weight excluding hydrogens is 400 g/mol. The highest BCUT2D eigenvalue weighted by Crippen LogP contribution is 2.34. The number of methoxy groups -OCH3 is 2. The van der Waals surface area contributed by atoms with E-state index in [1.807, 2.05) is 6.07 Å². The molecule has 2 aromatic heterocycles. The zero-order chi connectivity index (χ0) is 21.1. The lowest BCUT2D eigenvalue weighted by atomic mass is 9.96. The molecular formula is C22H26N4O3S. The van der Waals surface area contributed by atoms with E-state index >= 15 is 0 Å². The Balaban J connectivity index is 1.53. The lowest BCUT2D eigenvalue weighted by molar-refractivity contribution is -0.120. The van der Waals surface area contributed by atoms with Crippen LogP contribution in [0.4, 0.5) is 11.5 Å². The summed E-state index contributed by atoms with van der Waals surface area (Å²) in [7, 11) is 3.19. The van der Waals surface area contributed by atoms with Gasteiger partial charge in [-0.15, -0.1) is 11.3 Å².